The van der Waals surface area contributed by atoms with Crippen LogP contribution in [-0.4, -0.2) is 79.0 Å². The summed E-state index contributed by atoms with van der Waals surface area (Å²) in [4.78, 5) is 43.6. The molecule has 1 aromatic rings. The van der Waals surface area contributed by atoms with Gasteiger partial charge in [0.1, 0.15) is 5.54 Å². The van der Waals surface area contributed by atoms with E-state index in [4.69, 9.17) is 0 Å². The quantitative estimate of drug-likeness (QED) is 0.660. The van der Waals surface area contributed by atoms with Crippen LogP contribution < -0.4 is 15.5 Å². The maximum atomic E-state index is 13.7. The summed E-state index contributed by atoms with van der Waals surface area (Å²) in [7, 11) is 1.95. The van der Waals surface area contributed by atoms with E-state index >= 15 is 0 Å². The fraction of sp³-hybridized carbons (Fsp3) is 0.591. The third-order valence-electron chi connectivity index (χ3n) is 6.95. The second-order valence-corrected chi connectivity index (χ2v) is 9.33. The molecule has 2 N–H and O–H groups in total. The number of amides is 4. The number of urea groups is 1. The third kappa shape index (κ3) is 3.92. The van der Waals surface area contributed by atoms with Gasteiger partial charge in [0.2, 0.25) is 5.91 Å². The fourth-order valence-corrected chi connectivity index (χ4v) is 5.20. The van der Waals surface area contributed by atoms with Crippen molar-refractivity contribution in [3.05, 3.63) is 29.8 Å². The third-order valence-corrected chi connectivity index (χ3v) is 6.95. The monoisotopic (exact) mass is 449 g/mol. The number of nitrogens with zero attached hydrogens (tertiary/aromatic N) is 3. The number of piperazine rings is 1. The Morgan fingerprint density at radius 2 is 1.91 bits per heavy atom. The van der Waals surface area contributed by atoms with E-state index < -0.39 is 29.1 Å². The lowest BCUT2D eigenvalue weighted by Gasteiger charge is -2.47. The number of halogens is 2. The minimum atomic E-state index is -1.07. The first-order valence-corrected chi connectivity index (χ1v) is 10.9. The molecule has 8 nitrogen and oxygen atoms in total. The number of likely N-dealkylation sites (tertiary alicyclic amines) is 1. The number of imide groups is 1. The van der Waals surface area contributed by atoms with E-state index in [2.05, 4.69) is 15.5 Å². The second-order valence-electron chi connectivity index (χ2n) is 9.33. The molecule has 3 fully saturated rings. The Kier molecular flexibility index (Phi) is 5.83. The SMILES string of the molecule is C[C@@H](C[C@@]1(C2CN(C)C2)NC(=O)NC1=O)C(=O)N1CCN(c2ccc(F)c(F)c2)[C@@H](C)C1. The second kappa shape index (κ2) is 8.31. The summed E-state index contributed by atoms with van der Waals surface area (Å²) >= 11 is 0. The van der Waals surface area contributed by atoms with Gasteiger partial charge in [-0.05, 0) is 32.5 Å². The highest BCUT2D eigenvalue weighted by atomic mass is 19.2. The lowest BCUT2D eigenvalue weighted by Crippen LogP contribution is -2.65. The summed E-state index contributed by atoms with van der Waals surface area (Å²) in [5.41, 5.74) is -0.493. The molecular weight excluding hydrogens is 420 g/mol. The topological polar surface area (TPSA) is 85.0 Å². The number of rotatable bonds is 5. The van der Waals surface area contributed by atoms with E-state index in [0.29, 0.717) is 38.4 Å². The largest absolute Gasteiger partial charge is 0.365 e. The van der Waals surface area contributed by atoms with Gasteiger partial charge in [0.05, 0.1) is 0 Å². The molecule has 0 saturated carbocycles. The first kappa shape index (κ1) is 22.4. The first-order chi connectivity index (χ1) is 15.1. The lowest BCUT2D eigenvalue weighted by molar-refractivity contribution is -0.138. The Labute approximate surface area is 185 Å². The molecule has 3 aliphatic rings. The summed E-state index contributed by atoms with van der Waals surface area (Å²) in [6, 6.07) is 3.21. The Balaban J connectivity index is 1.42. The number of hydrogen-bond donors (Lipinski definition) is 2. The van der Waals surface area contributed by atoms with Gasteiger partial charge in [0, 0.05) is 62.4 Å². The van der Waals surface area contributed by atoms with Crippen molar-refractivity contribution in [2.24, 2.45) is 11.8 Å². The van der Waals surface area contributed by atoms with Gasteiger partial charge in [-0.1, -0.05) is 6.92 Å². The molecule has 3 heterocycles. The van der Waals surface area contributed by atoms with E-state index in [1.165, 1.54) is 12.1 Å². The molecule has 0 spiro atoms. The molecule has 0 unspecified atom stereocenters. The van der Waals surface area contributed by atoms with Crippen molar-refractivity contribution < 1.29 is 23.2 Å². The zero-order chi connectivity index (χ0) is 23.2. The summed E-state index contributed by atoms with van der Waals surface area (Å²) in [6.45, 7) is 6.43. The van der Waals surface area contributed by atoms with Gasteiger partial charge < -0.3 is 20.0 Å². The molecule has 0 radical (unpaired) electrons. The van der Waals surface area contributed by atoms with Crippen LogP contribution in [0.5, 0.6) is 0 Å². The molecule has 4 amide bonds. The van der Waals surface area contributed by atoms with Gasteiger partial charge in [-0.3, -0.25) is 14.9 Å². The molecule has 0 aromatic heterocycles. The van der Waals surface area contributed by atoms with E-state index in [0.717, 1.165) is 6.07 Å². The van der Waals surface area contributed by atoms with Gasteiger partial charge in [-0.15, -0.1) is 0 Å². The van der Waals surface area contributed by atoms with Crippen LogP contribution in [0.1, 0.15) is 20.3 Å². The number of benzene rings is 1. The summed E-state index contributed by atoms with van der Waals surface area (Å²) in [5.74, 6) is -2.74. The van der Waals surface area contributed by atoms with E-state index in [1.807, 2.05) is 18.9 Å². The molecule has 0 aliphatic carbocycles. The summed E-state index contributed by atoms with van der Waals surface area (Å²) in [6.07, 6.45) is 0.236. The van der Waals surface area contributed by atoms with Gasteiger partial charge in [-0.2, -0.15) is 0 Å². The summed E-state index contributed by atoms with van der Waals surface area (Å²) in [5, 5.41) is 5.14. The zero-order valence-corrected chi connectivity index (χ0v) is 18.5. The van der Waals surface area contributed by atoms with Gasteiger partial charge >= 0.3 is 6.03 Å². The van der Waals surface area contributed by atoms with Crippen LogP contribution in [0, 0.1) is 23.5 Å². The molecule has 3 saturated heterocycles. The molecule has 174 valence electrons. The minimum absolute atomic E-state index is 0.0432. The van der Waals surface area contributed by atoms with Crippen molar-refractivity contribution in [2.45, 2.75) is 31.8 Å². The van der Waals surface area contributed by atoms with Crippen LogP contribution in [0.3, 0.4) is 0 Å². The Morgan fingerprint density at radius 3 is 2.47 bits per heavy atom. The van der Waals surface area contributed by atoms with Crippen LogP contribution in [-0.2, 0) is 9.59 Å². The van der Waals surface area contributed by atoms with Gasteiger partial charge in [0.15, 0.2) is 11.6 Å². The molecule has 10 heteroatoms. The van der Waals surface area contributed by atoms with Crippen molar-refractivity contribution in [3.63, 3.8) is 0 Å². The molecular formula is C22H29F2N5O3. The number of hydrogen-bond acceptors (Lipinski definition) is 5. The van der Waals surface area contributed by atoms with Crippen LogP contribution in [0.2, 0.25) is 0 Å². The standard InChI is InChI=1S/C22H29F2N5O3/c1-13(9-22(15-11-27(3)12-15)20(31)25-21(32)26-22)19(30)28-6-7-29(14(2)10-28)16-4-5-17(23)18(24)8-16/h4-5,8,13-15H,6-7,9-12H2,1-3H3,(H2,25,26,31,32)/t13-,14-,22-/m0/s1. The summed E-state index contributed by atoms with van der Waals surface area (Å²) < 4.78 is 26.9. The van der Waals surface area contributed by atoms with Gasteiger partial charge in [-0.25, -0.2) is 13.6 Å². The number of carbonyl (C=O) groups is 3. The maximum absolute atomic E-state index is 13.7. The fourth-order valence-electron chi connectivity index (χ4n) is 5.20. The van der Waals surface area contributed by atoms with Crippen molar-refractivity contribution in [3.8, 4) is 0 Å². The van der Waals surface area contributed by atoms with Crippen molar-refractivity contribution in [1.82, 2.24) is 20.4 Å². The van der Waals surface area contributed by atoms with Gasteiger partial charge in [0.25, 0.3) is 5.91 Å². The van der Waals surface area contributed by atoms with E-state index in [-0.39, 0.29) is 30.2 Å². The Bertz CT molecular complexity index is 938. The molecule has 3 atom stereocenters. The molecule has 1 aromatic carbocycles. The van der Waals surface area contributed by atoms with E-state index in [9.17, 15) is 23.2 Å². The van der Waals surface area contributed by atoms with Crippen molar-refractivity contribution in [2.75, 3.05) is 44.7 Å². The molecule has 4 rings (SSSR count). The zero-order valence-electron chi connectivity index (χ0n) is 18.5. The van der Waals surface area contributed by atoms with Crippen LogP contribution in [0.25, 0.3) is 0 Å². The van der Waals surface area contributed by atoms with Crippen LogP contribution in [0.4, 0.5) is 19.3 Å². The Hall–Kier alpha value is -2.75. The highest BCUT2D eigenvalue weighted by molar-refractivity contribution is 6.07. The van der Waals surface area contributed by atoms with E-state index in [1.54, 1.807) is 11.8 Å². The Morgan fingerprint density at radius 1 is 1.19 bits per heavy atom. The molecule has 0 bridgehead atoms. The lowest BCUT2D eigenvalue weighted by atomic mass is 9.73. The average Bonchev–Trinajstić information content (AvgIpc) is 3.00. The smallest absolute Gasteiger partial charge is 0.322 e. The maximum Gasteiger partial charge on any atom is 0.322 e. The predicted molar refractivity (Wildman–Crippen MR) is 114 cm³/mol. The number of nitrogens with one attached hydrogen (secondary N) is 2. The van der Waals surface area contributed by atoms with Crippen molar-refractivity contribution in [1.29, 1.82) is 0 Å². The number of anilines is 1. The van der Waals surface area contributed by atoms with Crippen LogP contribution >= 0.6 is 0 Å². The first-order valence-electron chi connectivity index (χ1n) is 10.9. The predicted octanol–water partition coefficient (Wildman–Crippen LogP) is 1.17. The van der Waals surface area contributed by atoms with Crippen molar-refractivity contribution >= 4 is 23.5 Å². The minimum Gasteiger partial charge on any atom is -0.365 e. The normalized spacial score (nSPS) is 27.7. The highest BCUT2D eigenvalue weighted by Gasteiger charge is 2.56. The number of carbonyl (C=O) groups excluding carboxylic acids is 3. The average molecular weight is 450 g/mol. The molecule has 3 aliphatic heterocycles. The van der Waals surface area contributed by atoms with Crippen LogP contribution in [0.15, 0.2) is 18.2 Å². The highest BCUT2D eigenvalue weighted by Crippen LogP contribution is 2.35. The molecule has 32 heavy (non-hydrogen) atoms.